The average molecular weight is 296 g/mol. The predicted octanol–water partition coefficient (Wildman–Crippen LogP) is 4.33. The molecule has 1 N–H and O–H groups in total. The van der Waals surface area contributed by atoms with Crippen LogP contribution in [0.15, 0.2) is 24.4 Å². The number of nitrogens with zero attached hydrogens (tertiary/aromatic N) is 1. The van der Waals surface area contributed by atoms with Crippen LogP contribution < -0.4 is 4.74 Å². The summed E-state index contributed by atoms with van der Waals surface area (Å²) in [4.78, 5) is 6.03. The zero-order valence-electron chi connectivity index (χ0n) is 13.5. The van der Waals surface area contributed by atoms with Gasteiger partial charge in [-0.25, -0.2) is 0 Å². The molecule has 1 aromatic heterocycles. The fourth-order valence-corrected chi connectivity index (χ4v) is 3.90. The average Bonchev–Trinajstić information content (AvgIpc) is 2.89. The number of nitrogens with one attached hydrogen (secondary N) is 1. The van der Waals surface area contributed by atoms with E-state index in [-0.39, 0.29) is 0 Å². The van der Waals surface area contributed by atoms with E-state index < -0.39 is 0 Å². The Morgan fingerprint density at radius 3 is 2.77 bits per heavy atom. The molecule has 0 amide bonds. The minimum atomic E-state index is 0.725. The van der Waals surface area contributed by atoms with Crippen molar-refractivity contribution in [3.05, 3.63) is 35.7 Å². The van der Waals surface area contributed by atoms with Gasteiger partial charge in [0.15, 0.2) is 0 Å². The van der Waals surface area contributed by atoms with Crippen molar-refractivity contribution in [3.8, 4) is 5.75 Å². The number of fused-ring (bicyclic) bond motifs is 3. The second-order valence-electron chi connectivity index (χ2n) is 6.58. The number of piperidine rings is 1. The van der Waals surface area contributed by atoms with Crippen LogP contribution in [0.4, 0.5) is 0 Å². The van der Waals surface area contributed by atoms with Crippen LogP contribution in [0.2, 0.25) is 0 Å². The molecule has 0 spiro atoms. The Morgan fingerprint density at radius 1 is 1.27 bits per heavy atom. The normalized spacial score (nSPS) is 18.1. The van der Waals surface area contributed by atoms with E-state index in [1.807, 2.05) is 0 Å². The van der Waals surface area contributed by atoms with Gasteiger partial charge in [0.2, 0.25) is 0 Å². The molecule has 2 bridgehead atoms. The van der Waals surface area contributed by atoms with Crippen LogP contribution in [-0.4, -0.2) is 29.6 Å². The van der Waals surface area contributed by atoms with Crippen molar-refractivity contribution >= 4 is 16.5 Å². The molecule has 3 aliphatic rings. The van der Waals surface area contributed by atoms with Gasteiger partial charge in [0.1, 0.15) is 5.75 Å². The summed E-state index contributed by atoms with van der Waals surface area (Å²) in [6, 6.07) is 6.43. The fraction of sp³-hybridized carbons (Fsp3) is 0.474. The molecule has 1 aromatic carbocycles. The maximum Gasteiger partial charge on any atom is 0.120 e. The molecule has 22 heavy (non-hydrogen) atoms. The number of ether oxygens (including phenoxy) is 1. The van der Waals surface area contributed by atoms with Gasteiger partial charge in [0.25, 0.3) is 0 Å². The van der Waals surface area contributed by atoms with Gasteiger partial charge in [-0.05, 0) is 55.9 Å². The first kappa shape index (κ1) is 13.7. The molecule has 116 valence electrons. The first-order valence-electron chi connectivity index (χ1n) is 8.47. The number of aryl methyl sites for hydroxylation is 1. The summed E-state index contributed by atoms with van der Waals surface area (Å²) in [6.07, 6.45) is 6.03. The number of aromatic amines is 1. The van der Waals surface area contributed by atoms with Crippen molar-refractivity contribution in [2.75, 3.05) is 19.7 Å². The van der Waals surface area contributed by atoms with Crippen LogP contribution in [0.5, 0.6) is 5.75 Å². The zero-order valence-corrected chi connectivity index (χ0v) is 13.5. The molecule has 3 nitrogen and oxygen atoms in total. The SMILES string of the molecule is CCCOc1ccc2[nH]c(C)c(C3=CN4CCC3CC4)c2c1. The summed E-state index contributed by atoms with van der Waals surface area (Å²) < 4.78 is 5.83. The van der Waals surface area contributed by atoms with E-state index in [2.05, 4.69) is 48.1 Å². The second-order valence-corrected chi connectivity index (χ2v) is 6.58. The van der Waals surface area contributed by atoms with Crippen LogP contribution in [0.25, 0.3) is 16.5 Å². The molecule has 3 aliphatic heterocycles. The van der Waals surface area contributed by atoms with Gasteiger partial charge in [0, 0.05) is 41.4 Å². The minimum absolute atomic E-state index is 0.725. The Hall–Kier alpha value is -1.90. The van der Waals surface area contributed by atoms with Gasteiger partial charge in [-0.15, -0.1) is 0 Å². The van der Waals surface area contributed by atoms with Crippen LogP contribution in [-0.2, 0) is 0 Å². The van der Waals surface area contributed by atoms with E-state index in [4.69, 9.17) is 4.74 Å². The molecule has 1 saturated heterocycles. The molecule has 1 fully saturated rings. The van der Waals surface area contributed by atoms with E-state index in [9.17, 15) is 0 Å². The van der Waals surface area contributed by atoms with E-state index in [0.29, 0.717) is 0 Å². The van der Waals surface area contributed by atoms with E-state index in [1.165, 1.54) is 53.7 Å². The molecule has 2 aromatic rings. The predicted molar refractivity (Wildman–Crippen MR) is 91.1 cm³/mol. The van der Waals surface area contributed by atoms with Gasteiger partial charge in [0.05, 0.1) is 6.61 Å². The van der Waals surface area contributed by atoms with E-state index in [1.54, 1.807) is 0 Å². The number of allylic oxidation sites excluding steroid dienone is 1. The van der Waals surface area contributed by atoms with Crippen molar-refractivity contribution in [1.82, 2.24) is 9.88 Å². The Kier molecular flexibility index (Phi) is 3.36. The Bertz CT molecular complexity index is 720. The number of hydrogen-bond acceptors (Lipinski definition) is 2. The fourth-order valence-electron chi connectivity index (χ4n) is 3.90. The maximum atomic E-state index is 5.83. The molecule has 0 radical (unpaired) electrons. The summed E-state index contributed by atoms with van der Waals surface area (Å²) in [6.45, 7) is 7.56. The monoisotopic (exact) mass is 296 g/mol. The van der Waals surface area contributed by atoms with Crippen LogP contribution in [0.1, 0.15) is 37.4 Å². The lowest BCUT2D eigenvalue weighted by Crippen LogP contribution is -2.35. The smallest absolute Gasteiger partial charge is 0.120 e. The molecule has 0 saturated carbocycles. The third kappa shape index (κ3) is 2.20. The molecule has 0 unspecified atom stereocenters. The summed E-state index contributed by atoms with van der Waals surface area (Å²) in [7, 11) is 0. The highest BCUT2D eigenvalue weighted by Gasteiger charge is 2.30. The second kappa shape index (κ2) is 5.38. The highest BCUT2D eigenvalue weighted by molar-refractivity contribution is 5.95. The number of H-pyrrole nitrogens is 1. The maximum absolute atomic E-state index is 5.83. The van der Waals surface area contributed by atoms with Crippen molar-refractivity contribution in [2.45, 2.75) is 33.1 Å². The molecule has 0 aliphatic carbocycles. The lowest BCUT2D eigenvalue weighted by molar-refractivity contribution is 0.252. The highest BCUT2D eigenvalue weighted by atomic mass is 16.5. The Balaban J connectivity index is 1.81. The van der Waals surface area contributed by atoms with E-state index >= 15 is 0 Å². The lowest BCUT2D eigenvalue weighted by Gasteiger charge is -2.39. The van der Waals surface area contributed by atoms with Gasteiger partial charge in [-0.1, -0.05) is 6.92 Å². The van der Waals surface area contributed by atoms with Gasteiger partial charge >= 0.3 is 0 Å². The third-order valence-electron chi connectivity index (χ3n) is 5.01. The van der Waals surface area contributed by atoms with E-state index in [0.717, 1.165) is 24.7 Å². The van der Waals surface area contributed by atoms with Gasteiger partial charge < -0.3 is 14.6 Å². The molecule has 3 heteroatoms. The molecule has 0 atom stereocenters. The third-order valence-corrected chi connectivity index (χ3v) is 5.01. The topological polar surface area (TPSA) is 28.3 Å². The van der Waals surface area contributed by atoms with Gasteiger partial charge in [-0.3, -0.25) is 0 Å². The Morgan fingerprint density at radius 2 is 2.09 bits per heavy atom. The Labute approximate surface area is 132 Å². The zero-order chi connectivity index (χ0) is 15.1. The van der Waals surface area contributed by atoms with Crippen molar-refractivity contribution in [1.29, 1.82) is 0 Å². The van der Waals surface area contributed by atoms with Crippen molar-refractivity contribution in [2.24, 2.45) is 5.92 Å². The minimum Gasteiger partial charge on any atom is -0.494 e. The largest absolute Gasteiger partial charge is 0.494 e. The number of rotatable bonds is 4. The number of hydrogen-bond donors (Lipinski definition) is 1. The van der Waals surface area contributed by atoms with Crippen LogP contribution >= 0.6 is 0 Å². The first-order valence-corrected chi connectivity index (χ1v) is 8.47. The van der Waals surface area contributed by atoms with Gasteiger partial charge in [-0.2, -0.15) is 0 Å². The van der Waals surface area contributed by atoms with Crippen LogP contribution in [0, 0.1) is 12.8 Å². The molecular formula is C19H24N2O. The first-order chi connectivity index (χ1) is 10.8. The molecule has 5 rings (SSSR count). The lowest BCUT2D eigenvalue weighted by atomic mass is 9.81. The summed E-state index contributed by atoms with van der Waals surface area (Å²) in [5, 5.41) is 1.31. The van der Waals surface area contributed by atoms with Crippen molar-refractivity contribution < 1.29 is 4.74 Å². The number of benzene rings is 1. The summed E-state index contributed by atoms with van der Waals surface area (Å²) >= 11 is 0. The summed E-state index contributed by atoms with van der Waals surface area (Å²) in [5.74, 6) is 1.71. The van der Waals surface area contributed by atoms with Crippen molar-refractivity contribution in [3.63, 3.8) is 0 Å². The van der Waals surface area contributed by atoms with Crippen LogP contribution in [0.3, 0.4) is 0 Å². The highest BCUT2D eigenvalue weighted by Crippen LogP contribution is 2.42. The quantitative estimate of drug-likeness (QED) is 0.909. The molecule has 4 heterocycles. The summed E-state index contributed by atoms with van der Waals surface area (Å²) in [5.41, 5.74) is 5.43. The molecular weight excluding hydrogens is 272 g/mol. The number of aromatic nitrogens is 1. The standard InChI is InChI=1S/C19H24N2O/c1-3-10-22-15-4-5-18-16(11-15)19(13(2)20-18)17-12-21-8-6-14(17)7-9-21/h4-5,11-12,14,20H,3,6-10H2,1-2H3.